The van der Waals surface area contributed by atoms with Crippen molar-refractivity contribution in [2.24, 2.45) is 0 Å². The third-order valence-electron chi connectivity index (χ3n) is 2.47. The molecule has 86 valence electrons. The molecule has 1 aromatic carbocycles. The van der Waals surface area contributed by atoms with E-state index in [0.29, 0.717) is 13.0 Å². The summed E-state index contributed by atoms with van der Waals surface area (Å²) in [5.41, 5.74) is 5.62. The fourth-order valence-corrected chi connectivity index (χ4v) is 1.61. The van der Waals surface area contributed by atoms with Gasteiger partial charge in [0.15, 0.2) is 0 Å². The van der Waals surface area contributed by atoms with E-state index in [2.05, 4.69) is 10.9 Å². The fraction of sp³-hybridized carbons (Fsp3) is 0.364. The number of rotatable bonds is 4. The first-order valence-corrected chi connectivity index (χ1v) is 5.17. The van der Waals surface area contributed by atoms with Crippen molar-refractivity contribution in [1.82, 2.24) is 10.9 Å². The summed E-state index contributed by atoms with van der Waals surface area (Å²) >= 11 is 0. The summed E-state index contributed by atoms with van der Waals surface area (Å²) in [7, 11) is 0. The van der Waals surface area contributed by atoms with Gasteiger partial charge in [-0.1, -0.05) is 18.2 Å². The fourth-order valence-electron chi connectivity index (χ4n) is 1.61. The standard InChI is InChI=1S/C11H14N2O3/c14-11(15)10-6-8(12-13-10)7-16-9-4-2-1-3-5-9/h1-5,8,10,12-13H,6-7H2,(H,14,15). The van der Waals surface area contributed by atoms with Crippen molar-refractivity contribution in [3.05, 3.63) is 30.3 Å². The van der Waals surface area contributed by atoms with Gasteiger partial charge >= 0.3 is 5.97 Å². The first-order valence-electron chi connectivity index (χ1n) is 5.17. The Morgan fingerprint density at radius 3 is 2.75 bits per heavy atom. The molecule has 16 heavy (non-hydrogen) atoms. The molecule has 1 heterocycles. The van der Waals surface area contributed by atoms with Gasteiger partial charge in [0.2, 0.25) is 0 Å². The van der Waals surface area contributed by atoms with Crippen LogP contribution in [-0.2, 0) is 4.79 Å². The highest BCUT2D eigenvalue weighted by atomic mass is 16.5. The van der Waals surface area contributed by atoms with Crippen molar-refractivity contribution in [3.63, 3.8) is 0 Å². The van der Waals surface area contributed by atoms with Crippen molar-refractivity contribution >= 4 is 5.97 Å². The van der Waals surface area contributed by atoms with E-state index < -0.39 is 12.0 Å². The van der Waals surface area contributed by atoms with Crippen LogP contribution in [0.1, 0.15) is 6.42 Å². The molecule has 0 aliphatic carbocycles. The van der Waals surface area contributed by atoms with Gasteiger partial charge in [-0.3, -0.25) is 10.2 Å². The van der Waals surface area contributed by atoms with Gasteiger partial charge in [-0.15, -0.1) is 0 Å². The maximum absolute atomic E-state index is 10.7. The zero-order valence-corrected chi connectivity index (χ0v) is 8.72. The predicted molar refractivity (Wildman–Crippen MR) is 58.0 cm³/mol. The Bertz CT molecular complexity index is 356. The van der Waals surface area contributed by atoms with Gasteiger partial charge in [-0.05, 0) is 18.6 Å². The van der Waals surface area contributed by atoms with Crippen LogP contribution < -0.4 is 15.6 Å². The molecule has 2 rings (SSSR count). The molecule has 2 atom stereocenters. The lowest BCUT2D eigenvalue weighted by molar-refractivity contribution is -0.139. The number of ether oxygens (including phenoxy) is 1. The number of hydrogen-bond donors (Lipinski definition) is 3. The Morgan fingerprint density at radius 1 is 1.38 bits per heavy atom. The van der Waals surface area contributed by atoms with Crippen molar-refractivity contribution in [3.8, 4) is 5.75 Å². The quantitative estimate of drug-likeness (QED) is 0.687. The van der Waals surface area contributed by atoms with Gasteiger partial charge in [0.25, 0.3) is 0 Å². The third-order valence-corrected chi connectivity index (χ3v) is 2.47. The van der Waals surface area contributed by atoms with Crippen molar-refractivity contribution in [2.75, 3.05) is 6.61 Å². The number of para-hydroxylation sites is 1. The smallest absolute Gasteiger partial charge is 0.322 e. The molecule has 1 aromatic rings. The Hall–Kier alpha value is -1.59. The van der Waals surface area contributed by atoms with E-state index in [-0.39, 0.29) is 6.04 Å². The lowest BCUT2D eigenvalue weighted by atomic mass is 10.1. The predicted octanol–water partition coefficient (Wildman–Crippen LogP) is 0.385. The Labute approximate surface area is 93.4 Å². The highest BCUT2D eigenvalue weighted by molar-refractivity contribution is 5.73. The molecule has 1 aliphatic heterocycles. The third kappa shape index (κ3) is 2.71. The maximum Gasteiger partial charge on any atom is 0.322 e. The van der Waals surface area contributed by atoms with E-state index in [1.807, 2.05) is 30.3 Å². The summed E-state index contributed by atoms with van der Waals surface area (Å²) in [6.07, 6.45) is 0.530. The SMILES string of the molecule is O=C(O)C1CC(COc2ccccc2)NN1. The van der Waals surface area contributed by atoms with Crippen LogP contribution in [0, 0.1) is 0 Å². The number of benzene rings is 1. The summed E-state index contributed by atoms with van der Waals surface area (Å²) in [4.78, 5) is 10.7. The summed E-state index contributed by atoms with van der Waals surface area (Å²) in [5, 5.41) is 8.77. The largest absolute Gasteiger partial charge is 0.492 e. The van der Waals surface area contributed by atoms with Gasteiger partial charge < -0.3 is 9.84 Å². The molecule has 0 radical (unpaired) electrons. The van der Waals surface area contributed by atoms with Crippen molar-refractivity contribution in [1.29, 1.82) is 0 Å². The summed E-state index contributed by atoms with van der Waals surface area (Å²) in [6.45, 7) is 0.459. The molecular formula is C11H14N2O3. The number of carboxylic acids is 1. The number of carbonyl (C=O) groups is 1. The van der Waals surface area contributed by atoms with E-state index in [0.717, 1.165) is 5.75 Å². The number of nitrogens with one attached hydrogen (secondary N) is 2. The van der Waals surface area contributed by atoms with E-state index in [1.165, 1.54) is 0 Å². The van der Waals surface area contributed by atoms with Gasteiger partial charge in [0, 0.05) is 0 Å². The van der Waals surface area contributed by atoms with Crippen LogP contribution in [0.5, 0.6) is 5.75 Å². The zero-order valence-electron chi connectivity index (χ0n) is 8.72. The van der Waals surface area contributed by atoms with Crippen molar-refractivity contribution < 1.29 is 14.6 Å². The number of aliphatic carboxylic acids is 1. The number of carboxylic acid groups (broad SMARTS) is 1. The van der Waals surface area contributed by atoms with Crippen LogP contribution in [0.3, 0.4) is 0 Å². The molecule has 2 unspecified atom stereocenters. The lowest BCUT2D eigenvalue weighted by Crippen LogP contribution is -2.38. The minimum absolute atomic E-state index is 0.0290. The van der Waals surface area contributed by atoms with Crippen LogP contribution in [0.25, 0.3) is 0 Å². The molecule has 0 aromatic heterocycles. The molecule has 0 spiro atoms. The van der Waals surface area contributed by atoms with E-state index in [1.54, 1.807) is 0 Å². The van der Waals surface area contributed by atoms with Gasteiger partial charge in [0.1, 0.15) is 18.4 Å². The molecule has 5 heteroatoms. The second-order valence-corrected chi connectivity index (χ2v) is 3.74. The van der Waals surface area contributed by atoms with Crippen LogP contribution >= 0.6 is 0 Å². The number of hydrazine groups is 1. The van der Waals surface area contributed by atoms with Crippen molar-refractivity contribution in [2.45, 2.75) is 18.5 Å². The second-order valence-electron chi connectivity index (χ2n) is 3.74. The molecule has 0 amide bonds. The normalized spacial score (nSPS) is 24.2. The molecule has 1 saturated heterocycles. The monoisotopic (exact) mass is 222 g/mol. The first-order chi connectivity index (χ1) is 7.75. The lowest BCUT2D eigenvalue weighted by Gasteiger charge is -2.10. The van der Waals surface area contributed by atoms with Gasteiger partial charge in [0.05, 0.1) is 6.04 Å². The van der Waals surface area contributed by atoms with E-state index in [4.69, 9.17) is 9.84 Å². The number of hydrogen-bond acceptors (Lipinski definition) is 4. The summed E-state index contributed by atoms with van der Waals surface area (Å²) in [6, 6.07) is 8.97. The van der Waals surface area contributed by atoms with Crippen LogP contribution in [-0.4, -0.2) is 29.8 Å². The highest BCUT2D eigenvalue weighted by Gasteiger charge is 2.29. The highest BCUT2D eigenvalue weighted by Crippen LogP contribution is 2.11. The average Bonchev–Trinajstić information content (AvgIpc) is 2.76. The van der Waals surface area contributed by atoms with E-state index >= 15 is 0 Å². The molecule has 0 bridgehead atoms. The summed E-state index contributed by atoms with van der Waals surface area (Å²) < 4.78 is 5.52. The molecular weight excluding hydrogens is 208 g/mol. The van der Waals surface area contributed by atoms with Crippen LogP contribution in [0.4, 0.5) is 0 Å². The molecule has 1 fully saturated rings. The van der Waals surface area contributed by atoms with Crippen LogP contribution in [0.2, 0.25) is 0 Å². The average molecular weight is 222 g/mol. The first kappa shape index (κ1) is 10.9. The summed E-state index contributed by atoms with van der Waals surface area (Å²) in [5.74, 6) is -0.0437. The van der Waals surface area contributed by atoms with Crippen LogP contribution in [0.15, 0.2) is 30.3 Å². The minimum atomic E-state index is -0.838. The van der Waals surface area contributed by atoms with Gasteiger partial charge in [-0.2, -0.15) is 0 Å². The zero-order chi connectivity index (χ0) is 11.4. The van der Waals surface area contributed by atoms with E-state index in [9.17, 15) is 4.79 Å². The second kappa shape index (κ2) is 4.96. The topological polar surface area (TPSA) is 70.6 Å². The Morgan fingerprint density at radius 2 is 2.12 bits per heavy atom. The molecule has 5 nitrogen and oxygen atoms in total. The van der Waals surface area contributed by atoms with Gasteiger partial charge in [-0.25, -0.2) is 5.43 Å². The Kier molecular flexibility index (Phi) is 3.38. The molecule has 3 N–H and O–H groups in total. The maximum atomic E-state index is 10.7. The Balaban J connectivity index is 1.78. The minimum Gasteiger partial charge on any atom is -0.492 e. The molecule has 0 saturated carbocycles. The molecule has 1 aliphatic rings.